The van der Waals surface area contributed by atoms with E-state index in [1.807, 2.05) is 30.1 Å². The van der Waals surface area contributed by atoms with Crippen molar-refractivity contribution in [3.8, 4) is 0 Å². The standard InChI is InChI=1S/C15H22N6O/c1-20(7-8-21-6-3-5-18-21)15-10-14(16-12-17-15)19-13-4-2-9-22-11-13/h3,5-6,10,12-13H,2,4,7-9,11H2,1H3,(H,16,17,19)/t13-/m0/s1. The summed E-state index contributed by atoms with van der Waals surface area (Å²) in [4.78, 5) is 10.8. The molecule has 1 N–H and O–H groups in total. The topological polar surface area (TPSA) is 68.1 Å². The minimum Gasteiger partial charge on any atom is -0.379 e. The van der Waals surface area contributed by atoms with Gasteiger partial charge in [0.05, 0.1) is 19.2 Å². The van der Waals surface area contributed by atoms with Crippen molar-refractivity contribution in [2.75, 3.05) is 37.0 Å². The monoisotopic (exact) mass is 302 g/mol. The van der Waals surface area contributed by atoms with Crippen LogP contribution < -0.4 is 10.2 Å². The lowest BCUT2D eigenvalue weighted by Gasteiger charge is -2.24. The fourth-order valence-electron chi connectivity index (χ4n) is 2.50. The molecule has 1 atom stereocenters. The number of ether oxygens (including phenoxy) is 1. The Morgan fingerprint density at radius 1 is 1.45 bits per heavy atom. The molecule has 22 heavy (non-hydrogen) atoms. The van der Waals surface area contributed by atoms with Gasteiger partial charge in [-0.3, -0.25) is 4.68 Å². The lowest BCUT2D eigenvalue weighted by Crippen LogP contribution is -2.30. The summed E-state index contributed by atoms with van der Waals surface area (Å²) in [7, 11) is 2.03. The van der Waals surface area contributed by atoms with Gasteiger partial charge in [-0.15, -0.1) is 0 Å². The largest absolute Gasteiger partial charge is 0.379 e. The van der Waals surface area contributed by atoms with Gasteiger partial charge in [-0.25, -0.2) is 9.97 Å². The number of likely N-dealkylation sites (N-methyl/N-ethyl adjacent to an activating group) is 1. The van der Waals surface area contributed by atoms with Gasteiger partial charge in [0, 0.05) is 38.7 Å². The van der Waals surface area contributed by atoms with Crippen LogP contribution in [-0.2, 0) is 11.3 Å². The number of hydrogen-bond donors (Lipinski definition) is 1. The second kappa shape index (κ2) is 7.22. The van der Waals surface area contributed by atoms with Crippen LogP contribution in [-0.4, -0.2) is 52.6 Å². The van der Waals surface area contributed by atoms with E-state index < -0.39 is 0 Å². The summed E-state index contributed by atoms with van der Waals surface area (Å²) in [6, 6.07) is 4.25. The van der Waals surface area contributed by atoms with Crippen molar-refractivity contribution in [3.05, 3.63) is 30.9 Å². The molecule has 0 amide bonds. The van der Waals surface area contributed by atoms with Crippen LogP contribution in [0.4, 0.5) is 11.6 Å². The molecule has 1 fully saturated rings. The Kier molecular flexibility index (Phi) is 4.85. The fourth-order valence-corrected chi connectivity index (χ4v) is 2.50. The highest BCUT2D eigenvalue weighted by atomic mass is 16.5. The maximum absolute atomic E-state index is 5.49. The molecule has 2 aromatic heterocycles. The number of nitrogens with zero attached hydrogens (tertiary/aromatic N) is 5. The molecular formula is C15H22N6O. The number of hydrogen-bond acceptors (Lipinski definition) is 6. The number of rotatable bonds is 6. The molecule has 7 heteroatoms. The van der Waals surface area contributed by atoms with Gasteiger partial charge in [-0.2, -0.15) is 5.10 Å². The van der Waals surface area contributed by atoms with E-state index in [1.54, 1.807) is 12.5 Å². The van der Waals surface area contributed by atoms with Gasteiger partial charge in [-0.1, -0.05) is 0 Å². The predicted octanol–water partition coefficient (Wildman–Crippen LogP) is 1.40. The highest BCUT2D eigenvalue weighted by molar-refractivity contribution is 5.48. The summed E-state index contributed by atoms with van der Waals surface area (Å²) in [5.41, 5.74) is 0. The normalized spacial score (nSPS) is 18.1. The maximum atomic E-state index is 5.49. The molecule has 3 heterocycles. The van der Waals surface area contributed by atoms with Crippen LogP contribution >= 0.6 is 0 Å². The quantitative estimate of drug-likeness (QED) is 0.870. The average Bonchev–Trinajstić information content (AvgIpc) is 3.07. The van der Waals surface area contributed by atoms with E-state index in [4.69, 9.17) is 4.74 Å². The van der Waals surface area contributed by atoms with Crippen LogP contribution in [0.15, 0.2) is 30.9 Å². The van der Waals surface area contributed by atoms with Gasteiger partial charge in [0.15, 0.2) is 0 Å². The second-order valence-electron chi connectivity index (χ2n) is 5.51. The lowest BCUT2D eigenvalue weighted by molar-refractivity contribution is 0.0875. The SMILES string of the molecule is CN(CCn1cccn1)c1cc(N[C@H]2CCCOC2)ncn1. The lowest BCUT2D eigenvalue weighted by atomic mass is 10.1. The smallest absolute Gasteiger partial charge is 0.133 e. The zero-order valence-corrected chi connectivity index (χ0v) is 12.9. The minimum absolute atomic E-state index is 0.339. The molecular weight excluding hydrogens is 280 g/mol. The third kappa shape index (κ3) is 3.94. The van der Waals surface area contributed by atoms with E-state index in [0.29, 0.717) is 6.04 Å². The fraction of sp³-hybridized carbons (Fsp3) is 0.533. The molecule has 0 aliphatic carbocycles. The molecule has 0 bridgehead atoms. The summed E-state index contributed by atoms with van der Waals surface area (Å²) in [5, 5.41) is 7.63. The van der Waals surface area contributed by atoms with Gasteiger partial charge in [0.25, 0.3) is 0 Å². The predicted molar refractivity (Wildman–Crippen MR) is 85.0 cm³/mol. The van der Waals surface area contributed by atoms with Crippen LogP contribution in [0.5, 0.6) is 0 Å². The van der Waals surface area contributed by atoms with Crippen LogP contribution in [0.1, 0.15) is 12.8 Å². The third-order valence-electron chi connectivity index (χ3n) is 3.78. The molecule has 0 radical (unpaired) electrons. The molecule has 0 spiro atoms. The molecule has 2 aromatic rings. The first kappa shape index (κ1) is 14.8. The van der Waals surface area contributed by atoms with Crippen molar-refractivity contribution in [1.82, 2.24) is 19.7 Å². The van der Waals surface area contributed by atoms with Gasteiger partial charge in [0.1, 0.15) is 18.0 Å². The van der Waals surface area contributed by atoms with E-state index in [0.717, 1.165) is 50.8 Å². The zero-order chi connectivity index (χ0) is 15.2. The van der Waals surface area contributed by atoms with Crippen LogP contribution in [0, 0.1) is 0 Å². The third-order valence-corrected chi connectivity index (χ3v) is 3.78. The van der Waals surface area contributed by atoms with Crippen molar-refractivity contribution < 1.29 is 4.74 Å². The Balaban J connectivity index is 1.57. The average molecular weight is 302 g/mol. The summed E-state index contributed by atoms with van der Waals surface area (Å²) >= 11 is 0. The molecule has 1 aliphatic heterocycles. The van der Waals surface area contributed by atoms with Gasteiger partial charge in [-0.05, 0) is 18.9 Å². The zero-order valence-electron chi connectivity index (χ0n) is 12.9. The maximum Gasteiger partial charge on any atom is 0.133 e. The van der Waals surface area contributed by atoms with Gasteiger partial charge >= 0.3 is 0 Å². The molecule has 3 rings (SSSR count). The minimum atomic E-state index is 0.339. The first-order chi connectivity index (χ1) is 10.8. The Morgan fingerprint density at radius 2 is 2.41 bits per heavy atom. The van der Waals surface area contributed by atoms with E-state index in [1.165, 1.54) is 0 Å². The first-order valence-electron chi connectivity index (χ1n) is 7.66. The van der Waals surface area contributed by atoms with Crippen molar-refractivity contribution >= 4 is 11.6 Å². The van der Waals surface area contributed by atoms with E-state index in [-0.39, 0.29) is 0 Å². The van der Waals surface area contributed by atoms with Crippen molar-refractivity contribution in [2.45, 2.75) is 25.4 Å². The molecule has 118 valence electrons. The van der Waals surface area contributed by atoms with Crippen molar-refractivity contribution in [1.29, 1.82) is 0 Å². The van der Waals surface area contributed by atoms with Gasteiger partial charge < -0.3 is 15.0 Å². The molecule has 1 aliphatic rings. The van der Waals surface area contributed by atoms with Crippen LogP contribution in [0.3, 0.4) is 0 Å². The summed E-state index contributed by atoms with van der Waals surface area (Å²) in [5.74, 6) is 1.76. The number of aromatic nitrogens is 4. The molecule has 0 saturated carbocycles. The van der Waals surface area contributed by atoms with Gasteiger partial charge in [0.2, 0.25) is 0 Å². The highest BCUT2D eigenvalue weighted by Gasteiger charge is 2.14. The summed E-state index contributed by atoms with van der Waals surface area (Å²) in [6.07, 6.45) is 7.57. The molecule has 0 aromatic carbocycles. The number of nitrogens with one attached hydrogen (secondary N) is 1. The molecule has 7 nitrogen and oxygen atoms in total. The molecule has 0 unspecified atom stereocenters. The van der Waals surface area contributed by atoms with Crippen molar-refractivity contribution in [2.24, 2.45) is 0 Å². The van der Waals surface area contributed by atoms with Crippen LogP contribution in [0.25, 0.3) is 0 Å². The first-order valence-corrected chi connectivity index (χ1v) is 7.66. The van der Waals surface area contributed by atoms with Crippen LogP contribution in [0.2, 0.25) is 0 Å². The van der Waals surface area contributed by atoms with E-state index >= 15 is 0 Å². The second-order valence-corrected chi connectivity index (χ2v) is 5.51. The number of anilines is 2. The Morgan fingerprint density at radius 3 is 3.18 bits per heavy atom. The Bertz CT molecular complexity index is 567. The summed E-state index contributed by atoms with van der Waals surface area (Å²) in [6.45, 7) is 3.27. The summed E-state index contributed by atoms with van der Waals surface area (Å²) < 4.78 is 7.40. The highest BCUT2D eigenvalue weighted by Crippen LogP contribution is 2.16. The van der Waals surface area contributed by atoms with E-state index in [9.17, 15) is 0 Å². The Labute approximate surface area is 130 Å². The Hall–Kier alpha value is -2.15. The molecule has 1 saturated heterocycles. The van der Waals surface area contributed by atoms with Crippen molar-refractivity contribution in [3.63, 3.8) is 0 Å². The van der Waals surface area contributed by atoms with E-state index in [2.05, 4.69) is 25.3 Å².